The molecule has 1 rings (SSSR count). The maximum Gasteiger partial charge on any atom is 0.123 e. The Morgan fingerprint density at radius 1 is 1.21 bits per heavy atom. The topological polar surface area (TPSA) is 29.3 Å². The van der Waals surface area contributed by atoms with E-state index in [1.807, 2.05) is 0 Å². The normalized spacial score (nSPS) is 11.8. The van der Waals surface area contributed by atoms with E-state index < -0.39 is 0 Å². The molecule has 1 aromatic rings. The highest BCUT2D eigenvalue weighted by Gasteiger charge is 2.17. The molecule has 0 bridgehead atoms. The van der Waals surface area contributed by atoms with Gasteiger partial charge in [-0.15, -0.1) is 0 Å². The molecule has 0 fully saturated rings. The first-order valence-corrected chi connectivity index (χ1v) is 7.25. The van der Waals surface area contributed by atoms with Gasteiger partial charge in [0.05, 0.1) is 0 Å². The fourth-order valence-electron chi connectivity index (χ4n) is 2.55. The van der Waals surface area contributed by atoms with E-state index in [1.165, 1.54) is 6.07 Å². The minimum absolute atomic E-state index is 0.210. The quantitative estimate of drug-likeness (QED) is 0.754. The van der Waals surface area contributed by atoms with Gasteiger partial charge in [-0.25, -0.2) is 4.39 Å². The SMILES string of the molecule is CCC(CC)N(Cc1cc(F)ccc1N)CC(C)C. The average molecular weight is 266 g/mol. The van der Waals surface area contributed by atoms with Crippen molar-refractivity contribution >= 4 is 5.69 Å². The molecule has 0 saturated carbocycles. The number of hydrogen-bond acceptors (Lipinski definition) is 2. The van der Waals surface area contributed by atoms with Gasteiger partial charge in [-0.3, -0.25) is 4.90 Å². The molecule has 1 aromatic carbocycles. The maximum atomic E-state index is 13.4. The number of halogens is 1. The molecular formula is C16H27FN2. The zero-order valence-electron chi connectivity index (χ0n) is 12.6. The molecule has 108 valence electrons. The van der Waals surface area contributed by atoms with Gasteiger partial charge in [0.25, 0.3) is 0 Å². The van der Waals surface area contributed by atoms with Gasteiger partial charge in [0.15, 0.2) is 0 Å². The van der Waals surface area contributed by atoms with Crippen molar-refractivity contribution in [3.8, 4) is 0 Å². The molecule has 0 spiro atoms. The van der Waals surface area contributed by atoms with Crippen molar-refractivity contribution in [2.45, 2.75) is 53.1 Å². The van der Waals surface area contributed by atoms with Crippen LogP contribution in [0.15, 0.2) is 18.2 Å². The summed E-state index contributed by atoms with van der Waals surface area (Å²) < 4.78 is 13.4. The van der Waals surface area contributed by atoms with Crippen LogP contribution in [0.1, 0.15) is 46.1 Å². The van der Waals surface area contributed by atoms with Crippen LogP contribution in [0.5, 0.6) is 0 Å². The summed E-state index contributed by atoms with van der Waals surface area (Å²) in [6.07, 6.45) is 2.22. The van der Waals surface area contributed by atoms with Crippen molar-refractivity contribution < 1.29 is 4.39 Å². The van der Waals surface area contributed by atoms with Crippen LogP contribution >= 0.6 is 0 Å². The van der Waals surface area contributed by atoms with E-state index in [9.17, 15) is 4.39 Å². The standard InChI is InChI=1S/C16H27FN2/c1-5-15(6-2)19(10-12(3)4)11-13-9-14(17)7-8-16(13)18/h7-9,12,15H,5-6,10-11,18H2,1-4H3. The zero-order valence-corrected chi connectivity index (χ0v) is 12.6. The van der Waals surface area contributed by atoms with Crippen LogP contribution in [0.3, 0.4) is 0 Å². The van der Waals surface area contributed by atoms with Crippen LogP contribution in [0.25, 0.3) is 0 Å². The van der Waals surface area contributed by atoms with Crippen molar-refractivity contribution in [3.63, 3.8) is 0 Å². The lowest BCUT2D eigenvalue weighted by atomic mass is 10.1. The first-order chi connectivity index (χ1) is 8.97. The molecule has 0 aliphatic heterocycles. The number of nitrogens with zero attached hydrogens (tertiary/aromatic N) is 1. The molecule has 0 atom stereocenters. The van der Waals surface area contributed by atoms with Gasteiger partial charge < -0.3 is 5.73 Å². The van der Waals surface area contributed by atoms with E-state index in [-0.39, 0.29) is 5.82 Å². The second-order valence-corrected chi connectivity index (χ2v) is 5.64. The number of benzene rings is 1. The van der Waals surface area contributed by atoms with E-state index in [1.54, 1.807) is 12.1 Å². The minimum Gasteiger partial charge on any atom is -0.398 e. The lowest BCUT2D eigenvalue weighted by molar-refractivity contribution is 0.157. The summed E-state index contributed by atoms with van der Waals surface area (Å²) in [6.45, 7) is 10.6. The summed E-state index contributed by atoms with van der Waals surface area (Å²) in [4.78, 5) is 2.43. The van der Waals surface area contributed by atoms with E-state index in [2.05, 4.69) is 32.6 Å². The molecule has 3 heteroatoms. The van der Waals surface area contributed by atoms with Crippen LogP contribution in [-0.2, 0) is 6.54 Å². The summed E-state index contributed by atoms with van der Waals surface area (Å²) in [6, 6.07) is 5.17. The summed E-state index contributed by atoms with van der Waals surface area (Å²) in [5.41, 5.74) is 7.54. The highest BCUT2D eigenvalue weighted by molar-refractivity contribution is 5.46. The van der Waals surface area contributed by atoms with Crippen LogP contribution in [0.2, 0.25) is 0 Å². The molecule has 0 aromatic heterocycles. The van der Waals surface area contributed by atoms with Gasteiger partial charge in [0, 0.05) is 24.8 Å². The highest BCUT2D eigenvalue weighted by Crippen LogP contribution is 2.20. The summed E-state index contributed by atoms with van der Waals surface area (Å²) in [5, 5.41) is 0. The molecule has 0 aliphatic carbocycles. The molecule has 19 heavy (non-hydrogen) atoms. The monoisotopic (exact) mass is 266 g/mol. The van der Waals surface area contributed by atoms with Crippen LogP contribution in [0.4, 0.5) is 10.1 Å². The van der Waals surface area contributed by atoms with Gasteiger partial charge in [-0.05, 0) is 42.5 Å². The Labute approximate surface area is 116 Å². The van der Waals surface area contributed by atoms with Gasteiger partial charge >= 0.3 is 0 Å². The van der Waals surface area contributed by atoms with Crippen molar-refractivity contribution in [3.05, 3.63) is 29.6 Å². The van der Waals surface area contributed by atoms with Gasteiger partial charge in [0.2, 0.25) is 0 Å². The van der Waals surface area contributed by atoms with Gasteiger partial charge in [0.1, 0.15) is 5.82 Å². The molecule has 2 N–H and O–H groups in total. The Morgan fingerprint density at radius 3 is 2.37 bits per heavy atom. The van der Waals surface area contributed by atoms with E-state index in [0.29, 0.717) is 17.6 Å². The molecule has 0 amide bonds. The Kier molecular flexibility index (Phi) is 6.29. The van der Waals surface area contributed by atoms with E-state index in [0.717, 1.165) is 31.5 Å². The summed E-state index contributed by atoms with van der Waals surface area (Å²) in [5.74, 6) is 0.383. The van der Waals surface area contributed by atoms with Crippen molar-refractivity contribution in [2.75, 3.05) is 12.3 Å². The fourth-order valence-corrected chi connectivity index (χ4v) is 2.55. The first kappa shape index (κ1) is 16.0. The number of hydrogen-bond donors (Lipinski definition) is 1. The average Bonchev–Trinajstić information content (AvgIpc) is 2.34. The van der Waals surface area contributed by atoms with Crippen LogP contribution in [-0.4, -0.2) is 17.5 Å². The largest absolute Gasteiger partial charge is 0.398 e. The predicted octanol–water partition coefficient (Wildman–Crippen LogP) is 4.05. The Morgan fingerprint density at radius 2 is 1.84 bits per heavy atom. The molecule has 0 unspecified atom stereocenters. The summed E-state index contributed by atoms with van der Waals surface area (Å²) >= 11 is 0. The lowest BCUT2D eigenvalue weighted by Gasteiger charge is -2.32. The van der Waals surface area contributed by atoms with Gasteiger partial charge in [-0.1, -0.05) is 27.7 Å². The molecule has 2 nitrogen and oxygen atoms in total. The number of nitrogen functional groups attached to an aromatic ring is 1. The van der Waals surface area contributed by atoms with Crippen molar-refractivity contribution in [2.24, 2.45) is 5.92 Å². The first-order valence-electron chi connectivity index (χ1n) is 7.25. The van der Waals surface area contributed by atoms with Crippen molar-refractivity contribution in [1.82, 2.24) is 4.90 Å². The predicted molar refractivity (Wildman–Crippen MR) is 80.4 cm³/mol. The highest BCUT2D eigenvalue weighted by atomic mass is 19.1. The third kappa shape index (κ3) is 4.83. The minimum atomic E-state index is -0.210. The Balaban J connectivity index is 2.89. The van der Waals surface area contributed by atoms with Gasteiger partial charge in [-0.2, -0.15) is 0 Å². The molecule has 0 aliphatic rings. The number of anilines is 1. The smallest absolute Gasteiger partial charge is 0.123 e. The Hall–Kier alpha value is -1.09. The maximum absolute atomic E-state index is 13.4. The van der Waals surface area contributed by atoms with Crippen molar-refractivity contribution in [1.29, 1.82) is 0 Å². The van der Waals surface area contributed by atoms with Crippen LogP contribution < -0.4 is 5.73 Å². The second-order valence-electron chi connectivity index (χ2n) is 5.64. The molecule has 0 heterocycles. The number of rotatable bonds is 7. The molecule has 0 radical (unpaired) electrons. The van der Waals surface area contributed by atoms with E-state index in [4.69, 9.17) is 5.73 Å². The molecule has 0 saturated heterocycles. The fraction of sp³-hybridized carbons (Fsp3) is 0.625. The lowest BCUT2D eigenvalue weighted by Crippen LogP contribution is -2.37. The van der Waals surface area contributed by atoms with E-state index >= 15 is 0 Å². The molecular weight excluding hydrogens is 239 g/mol. The van der Waals surface area contributed by atoms with Crippen LogP contribution in [0, 0.1) is 11.7 Å². The number of nitrogens with two attached hydrogens (primary N) is 1. The third-order valence-corrected chi connectivity index (χ3v) is 3.54. The second kappa shape index (κ2) is 7.49. The zero-order chi connectivity index (χ0) is 14.4. The Bertz CT molecular complexity index is 386. The summed E-state index contributed by atoms with van der Waals surface area (Å²) in [7, 11) is 0. The third-order valence-electron chi connectivity index (χ3n) is 3.54.